The molecule has 158 valence electrons. The Morgan fingerprint density at radius 3 is 2.29 bits per heavy atom. The maximum atomic E-state index is 12.9. The average Bonchev–Trinajstić information content (AvgIpc) is 2.79. The van der Waals surface area contributed by atoms with Crippen LogP contribution in [0.1, 0.15) is 19.4 Å². The number of anilines is 3. The average molecular weight is 415 g/mol. The zero-order chi connectivity index (χ0) is 22.2. The van der Waals surface area contributed by atoms with Crippen molar-refractivity contribution in [3.05, 3.63) is 78.4 Å². The highest BCUT2D eigenvalue weighted by Crippen LogP contribution is 2.28. The van der Waals surface area contributed by atoms with Crippen LogP contribution < -0.4 is 19.7 Å². The highest BCUT2D eigenvalue weighted by Gasteiger charge is 2.20. The van der Waals surface area contributed by atoms with E-state index in [2.05, 4.69) is 11.4 Å². The van der Waals surface area contributed by atoms with Crippen LogP contribution in [0.25, 0.3) is 0 Å². The van der Waals surface area contributed by atoms with Crippen molar-refractivity contribution < 1.29 is 14.3 Å². The summed E-state index contributed by atoms with van der Waals surface area (Å²) in [6.45, 7) is 3.76. The lowest BCUT2D eigenvalue weighted by atomic mass is 10.2. The van der Waals surface area contributed by atoms with Gasteiger partial charge in [0.25, 0.3) is 5.91 Å². The van der Waals surface area contributed by atoms with Crippen molar-refractivity contribution in [3.63, 3.8) is 0 Å². The van der Waals surface area contributed by atoms with E-state index in [0.29, 0.717) is 17.1 Å². The molecule has 0 saturated heterocycles. The molecule has 3 aromatic carbocycles. The van der Waals surface area contributed by atoms with Gasteiger partial charge in [-0.15, -0.1) is 0 Å². The number of benzene rings is 3. The molecule has 0 heterocycles. The molecule has 0 radical (unpaired) electrons. The Hall–Kier alpha value is -3.98. The summed E-state index contributed by atoms with van der Waals surface area (Å²) in [6, 6.07) is 24.4. The van der Waals surface area contributed by atoms with E-state index in [1.807, 2.05) is 68.4 Å². The number of carbonyl (C=O) groups is 1. The summed E-state index contributed by atoms with van der Waals surface area (Å²) in [7, 11) is 1.50. The number of ether oxygens (including phenoxy) is 2. The van der Waals surface area contributed by atoms with Gasteiger partial charge >= 0.3 is 0 Å². The number of hydrogen-bond donors (Lipinski definition) is 1. The van der Waals surface area contributed by atoms with Crippen LogP contribution in [-0.2, 0) is 4.79 Å². The van der Waals surface area contributed by atoms with Crippen LogP contribution >= 0.6 is 0 Å². The summed E-state index contributed by atoms with van der Waals surface area (Å²) in [5.74, 6) is 0.658. The first-order valence-corrected chi connectivity index (χ1v) is 9.97. The SMILES string of the molecule is COc1cc(C#N)ccc1OCC(=O)N(c1ccc(Nc2ccccc2)cc1)C(C)C. The van der Waals surface area contributed by atoms with Crippen LogP contribution in [-0.4, -0.2) is 25.7 Å². The molecule has 0 spiro atoms. The summed E-state index contributed by atoms with van der Waals surface area (Å²) in [5, 5.41) is 12.3. The van der Waals surface area contributed by atoms with Crippen LogP contribution in [0, 0.1) is 11.3 Å². The van der Waals surface area contributed by atoms with E-state index in [9.17, 15) is 4.79 Å². The third kappa shape index (κ3) is 5.55. The molecule has 0 saturated carbocycles. The van der Waals surface area contributed by atoms with Crippen LogP contribution in [0.2, 0.25) is 0 Å². The highest BCUT2D eigenvalue weighted by molar-refractivity contribution is 5.95. The summed E-state index contributed by atoms with van der Waals surface area (Å²) < 4.78 is 11.0. The summed E-state index contributed by atoms with van der Waals surface area (Å²) >= 11 is 0. The fraction of sp³-hybridized carbons (Fsp3) is 0.200. The molecule has 0 bridgehead atoms. The Kier molecular flexibility index (Phi) is 7.13. The number of para-hydroxylation sites is 1. The van der Waals surface area contributed by atoms with Crippen molar-refractivity contribution in [1.29, 1.82) is 5.26 Å². The molecule has 6 nitrogen and oxygen atoms in total. The quantitative estimate of drug-likeness (QED) is 0.552. The van der Waals surface area contributed by atoms with E-state index in [1.54, 1.807) is 23.1 Å². The number of rotatable bonds is 8. The third-order valence-electron chi connectivity index (χ3n) is 4.64. The van der Waals surface area contributed by atoms with Crippen molar-refractivity contribution in [1.82, 2.24) is 0 Å². The van der Waals surface area contributed by atoms with Gasteiger partial charge in [0.1, 0.15) is 0 Å². The number of amides is 1. The molecule has 6 heteroatoms. The minimum atomic E-state index is -0.176. The minimum absolute atomic E-state index is 0.0492. The lowest BCUT2D eigenvalue weighted by Crippen LogP contribution is -2.40. The third-order valence-corrected chi connectivity index (χ3v) is 4.64. The Balaban J connectivity index is 1.70. The zero-order valence-corrected chi connectivity index (χ0v) is 17.8. The molecule has 3 rings (SSSR count). The maximum Gasteiger partial charge on any atom is 0.265 e. The largest absolute Gasteiger partial charge is 0.493 e. The Labute approximate surface area is 182 Å². The zero-order valence-electron chi connectivity index (χ0n) is 17.8. The van der Waals surface area contributed by atoms with Crippen LogP contribution in [0.3, 0.4) is 0 Å². The van der Waals surface area contributed by atoms with E-state index < -0.39 is 0 Å². The Morgan fingerprint density at radius 1 is 1.00 bits per heavy atom. The number of methoxy groups -OCH3 is 1. The molecule has 0 aliphatic heterocycles. The standard InChI is InChI=1S/C25H25N3O3/c1-18(2)28(22-12-10-21(11-13-22)27-20-7-5-4-6-8-20)25(29)17-31-23-14-9-19(16-26)15-24(23)30-3/h4-15,18,27H,17H2,1-3H3. The lowest BCUT2D eigenvalue weighted by Gasteiger charge is -2.27. The second-order valence-electron chi connectivity index (χ2n) is 7.16. The van der Waals surface area contributed by atoms with E-state index in [-0.39, 0.29) is 18.6 Å². The summed E-state index contributed by atoms with van der Waals surface area (Å²) in [5.41, 5.74) is 3.18. The molecular formula is C25H25N3O3. The van der Waals surface area contributed by atoms with Gasteiger partial charge in [-0.2, -0.15) is 5.26 Å². The predicted octanol–water partition coefficient (Wildman–Crippen LogP) is 5.13. The topological polar surface area (TPSA) is 74.6 Å². The first-order chi connectivity index (χ1) is 15.0. The number of carbonyl (C=O) groups excluding carboxylic acids is 1. The number of nitrogens with zero attached hydrogens (tertiary/aromatic N) is 2. The first-order valence-electron chi connectivity index (χ1n) is 9.97. The lowest BCUT2D eigenvalue weighted by molar-refractivity contribution is -0.120. The number of hydrogen-bond acceptors (Lipinski definition) is 5. The smallest absolute Gasteiger partial charge is 0.265 e. The van der Waals surface area contributed by atoms with Gasteiger partial charge < -0.3 is 19.7 Å². The van der Waals surface area contributed by atoms with Gasteiger partial charge in [-0.3, -0.25) is 4.79 Å². The van der Waals surface area contributed by atoms with Crippen molar-refractivity contribution in [2.45, 2.75) is 19.9 Å². The van der Waals surface area contributed by atoms with Crippen LogP contribution in [0.15, 0.2) is 72.8 Å². The predicted molar refractivity (Wildman–Crippen MR) is 122 cm³/mol. The molecule has 1 N–H and O–H groups in total. The van der Waals surface area contributed by atoms with E-state index in [4.69, 9.17) is 14.7 Å². The van der Waals surface area contributed by atoms with Gasteiger partial charge in [0.15, 0.2) is 18.1 Å². The molecule has 0 aromatic heterocycles. The normalized spacial score (nSPS) is 10.3. The molecule has 31 heavy (non-hydrogen) atoms. The fourth-order valence-corrected chi connectivity index (χ4v) is 3.19. The molecular weight excluding hydrogens is 390 g/mol. The van der Waals surface area contributed by atoms with Gasteiger partial charge in [-0.05, 0) is 62.4 Å². The second kappa shape index (κ2) is 10.2. The Morgan fingerprint density at radius 2 is 1.68 bits per heavy atom. The number of nitrogens with one attached hydrogen (secondary N) is 1. The van der Waals surface area contributed by atoms with Crippen molar-refractivity contribution in [2.75, 3.05) is 23.9 Å². The van der Waals surface area contributed by atoms with Crippen LogP contribution in [0.4, 0.5) is 17.1 Å². The molecule has 0 aliphatic rings. The molecule has 0 aliphatic carbocycles. The second-order valence-corrected chi connectivity index (χ2v) is 7.16. The molecule has 3 aromatic rings. The van der Waals surface area contributed by atoms with Gasteiger partial charge in [-0.1, -0.05) is 18.2 Å². The molecule has 1 amide bonds. The van der Waals surface area contributed by atoms with Gasteiger partial charge in [-0.25, -0.2) is 0 Å². The first kappa shape index (κ1) is 21.7. The van der Waals surface area contributed by atoms with E-state index in [1.165, 1.54) is 7.11 Å². The van der Waals surface area contributed by atoms with Gasteiger partial charge in [0.2, 0.25) is 0 Å². The van der Waals surface area contributed by atoms with Crippen molar-refractivity contribution in [2.24, 2.45) is 0 Å². The molecule has 0 atom stereocenters. The molecule has 0 fully saturated rings. The molecule has 0 unspecified atom stereocenters. The number of nitriles is 1. The van der Waals surface area contributed by atoms with Crippen LogP contribution in [0.5, 0.6) is 11.5 Å². The van der Waals surface area contributed by atoms with Crippen molar-refractivity contribution >= 4 is 23.0 Å². The minimum Gasteiger partial charge on any atom is -0.493 e. The maximum absolute atomic E-state index is 12.9. The highest BCUT2D eigenvalue weighted by atomic mass is 16.5. The van der Waals surface area contributed by atoms with Crippen molar-refractivity contribution in [3.8, 4) is 17.6 Å². The van der Waals surface area contributed by atoms with Gasteiger partial charge in [0, 0.05) is 29.2 Å². The summed E-state index contributed by atoms with van der Waals surface area (Å²) in [6.07, 6.45) is 0. The summed E-state index contributed by atoms with van der Waals surface area (Å²) in [4.78, 5) is 14.6. The Bertz CT molecular complexity index is 1060. The van der Waals surface area contributed by atoms with E-state index >= 15 is 0 Å². The fourth-order valence-electron chi connectivity index (χ4n) is 3.19. The van der Waals surface area contributed by atoms with Gasteiger partial charge in [0.05, 0.1) is 18.7 Å². The van der Waals surface area contributed by atoms with E-state index in [0.717, 1.165) is 17.1 Å². The monoisotopic (exact) mass is 415 g/mol.